The van der Waals surface area contributed by atoms with Gasteiger partial charge in [0.2, 0.25) is 0 Å². The fraction of sp³-hybridized carbons (Fsp3) is 0.231. The van der Waals surface area contributed by atoms with Gasteiger partial charge >= 0.3 is 12.1 Å². The topological polar surface area (TPSA) is 84.9 Å². The lowest BCUT2D eigenvalue weighted by atomic mass is 9.88. The number of carboxylic acid groups (broad SMARTS) is 1. The van der Waals surface area contributed by atoms with Gasteiger partial charge < -0.3 is 19.9 Å². The number of hydrogen-bond donors (Lipinski definition) is 2. The molecule has 1 aliphatic carbocycles. The maximum atomic E-state index is 12.8. The number of methoxy groups -OCH3 is 1. The Morgan fingerprint density at radius 3 is 2.19 bits per heavy atom. The zero-order chi connectivity index (χ0) is 22.7. The summed E-state index contributed by atoms with van der Waals surface area (Å²) in [6, 6.07) is 23.2. The molecule has 3 aromatic carbocycles. The number of carboxylic acids is 1. The third kappa shape index (κ3) is 4.17. The Bertz CT molecular complexity index is 1110. The molecule has 0 bridgehead atoms. The molecular weight excluding hydrogens is 406 g/mol. The van der Waals surface area contributed by atoms with Gasteiger partial charge in [-0.3, -0.25) is 4.79 Å². The molecule has 0 aromatic heterocycles. The third-order valence-corrected chi connectivity index (χ3v) is 5.93. The minimum Gasteiger partial charge on any atom is -0.497 e. The van der Waals surface area contributed by atoms with E-state index in [2.05, 4.69) is 17.4 Å². The molecule has 6 heteroatoms. The third-order valence-electron chi connectivity index (χ3n) is 5.93. The van der Waals surface area contributed by atoms with E-state index in [9.17, 15) is 14.7 Å². The van der Waals surface area contributed by atoms with Crippen molar-refractivity contribution in [3.8, 4) is 16.9 Å². The van der Waals surface area contributed by atoms with Gasteiger partial charge in [-0.15, -0.1) is 0 Å². The van der Waals surface area contributed by atoms with E-state index in [1.54, 1.807) is 31.2 Å². The van der Waals surface area contributed by atoms with E-state index >= 15 is 0 Å². The zero-order valence-corrected chi connectivity index (χ0v) is 18.0. The average Bonchev–Trinajstić information content (AvgIpc) is 3.11. The summed E-state index contributed by atoms with van der Waals surface area (Å²) in [5.74, 6) is -0.529. The number of carbonyl (C=O) groups is 2. The predicted molar refractivity (Wildman–Crippen MR) is 121 cm³/mol. The molecule has 32 heavy (non-hydrogen) atoms. The van der Waals surface area contributed by atoms with Crippen molar-refractivity contribution in [2.45, 2.75) is 24.8 Å². The van der Waals surface area contributed by atoms with Gasteiger partial charge in [0.05, 0.1) is 19.1 Å². The molecule has 4 rings (SSSR count). The van der Waals surface area contributed by atoms with Crippen LogP contribution in [0.2, 0.25) is 0 Å². The van der Waals surface area contributed by atoms with Crippen LogP contribution in [0, 0.1) is 0 Å². The number of nitrogens with one attached hydrogen (secondary N) is 1. The van der Waals surface area contributed by atoms with Gasteiger partial charge in [0.25, 0.3) is 0 Å². The van der Waals surface area contributed by atoms with Crippen LogP contribution in [-0.2, 0) is 15.1 Å². The summed E-state index contributed by atoms with van der Waals surface area (Å²) in [5, 5.41) is 12.2. The Hall–Kier alpha value is -3.80. The summed E-state index contributed by atoms with van der Waals surface area (Å²) < 4.78 is 10.9. The number of rotatable bonds is 7. The molecule has 6 nitrogen and oxygen atoms in total. The average molecular weight is 431 g/mol. The molecule has 0 fully saturated rings. The minimum absolute atomic E-state index is 0.0734. The van der Waals surface area contributed by atoms with E-state index < -0.39 is 17.6 Å². The number of hydrogen-bond acceptors (Lipinski definition) is 4. The molecule has 0 aliphatic heterocycles. The quantitative estimate of drug-likeness (QED) is 0.554. The zero-order valence-electron chi connectivity index (χ0n) is 18.0. The first-order chi connectivity index (χ1) is 15.4. The first kappa shape index (κ1) is 21.4. The lowest BCUT2D eigenvalue weighted by molar-refractivity contribution is -0.138. The summed E-state index contributed by atoms with van der Waals surface area (Å²) in [6.07, 6.45) is -0.969. The Labute approximate surface area is 186 Å². The number of aliphatic carboxylic acids is 1. The molecule has 1 aliphatic rings. The standard InChI is InChI=1S/C26H25NO5/c1-26(15-24(28)29,17-8-7-9-18(14-17)31-2)27-25(30)32-16-23-21-12-5-3-10-19(21)20-11-4-6-13-22(20)23/h3-14,23H,15-16H2,1-2H3,(H,27,30)(H,28,29). The van der Waals surface area contributed by atoms with Gasteiger partial charge in [0.1, 0.15) is 12.4 Å². The SMILES string of the molecule is COc1cccc(C(C)(CC(=O)O)NC(=O)OCC2c3ccccc3-c3ccccc32)c1. The van der Waals surface area contributed by atoms with Crippen molar-refractivity contribution in [3.63, 3.8) is 0 Å². The summed E-state index contributed by atoms with van der Waals surface area (Å²) >= 11 is 0. The molecule has 0 spiro atoms. The highest BCUT2D eigenvalue weighted by atomic mass is 16.5. The molecule has 0 saturated heterocycles. The van der Waals surface area contributed by atoms with Crippen LogP contribution < -0.4 is 10.1 Å². The van der Waals surface area contributed by atoms with Gasteiger partial charge in [0.15, 0.2) is 0 Å². The Morgan fingerprint density at radius 1 is 0.969 bits per heavy atom. The molecule has 0 saturated carbocycles. The smallest absolute Gasteiger partial charge is 0.407 e. The number of benzene rings is 3. The second-order valence-corrected chi connectivity index (χ2v) is 8.09. The minimum atomic E-state index is -1.16. The maximum Gasteiger partial charge on any atom is 0.407 e. The van der Waals surface area contributed by atoms with E-state index in [4.69, 9.17) is 9.47 Å². The first-order valence-corrected chi connectivity index (χ1v) is 10.4. The van der Waals surface area contributed by atoms with Crippen molar-refractivity contribution >= 4 is 12.1 Å². The largest absolute Gasteiger partial charge is 0.497 e. The molecule has 0 heterocycles. The fourth-order valence-electron chi connectivity index (χ4n) is 4.35. The van der Waals surface area contributed by atoms with Crippen LogP contribution in [0.5, 0.6) is 5.75 Å². The van der Waals surface area contributed by atoms with Crippen molar-refractivity contribution in [2.75, 3.05) is 13.7 Å². The van der Waals surface area contributed by atoms with E-state index in [1.165, 1.54) is 7.11 Å². The number of ether oxygens (including phenoxy) is 2. The highest BCUT2D eigenvalue weighted by Gasteiger charge is 2.34. The summed E-state index contributed by atoms with van der Waals surface area (Å²) in [6.45, 7) is 1.82. The lowest BCUT2D eigenvalue weighted by Gasteiger charge is -2.30. The van der Waals surface area contributed by atoms with Gasteiger partial charge in [-0.1, -0.05) is 60.7 Å². The van der Waals surface area contributed by atoms with Gasteiger partial charge in [-0.25, -0.2) is 4.79 Å². The van der Waals surface area contributed by atoms with Crippen LogP contribution in [0.4, 0.5) is 4.79 Å². The summed E-state index contributed by atoms with van der Waals surface area (Å²) in [5.41, 5.74) is 3.97. The second kappa shape index (κ2) is 8.75. The molecule has 0 radical (unpaired) electrons. The summed E-state index contributed by atoms with van der Waals surface area (Å²) in [4.78, 5) is 24.3. The molecule has 1 atom stereocenters. The number of amides is 1. The second-order valence-electron chi connectivity index (χ2n) is 8.09. The maximum absolute atomic E-state index is 12.8. The van der Waals surface area contributed by atoms with Crippen LogP contribution in [0.25, 0.3) is 11.1 Å². The molecular formula is C26H25NO5. The van der Waals surface area contributed by atoms with Crippen molar-refractivity contribution < 1.29 is 24.2 Å². The van der Waals surface area contributed by atoms with E-state index in [0.717, 1.165) is 22.3 Å². The number of fused-ring (bicyclic) bond motifs is 3. The normalized spacial score (nSPS) is 14.1. The van der Waals surface area contributed by atoms with E-state index in [1.807, 2.05) is 36.4 Å². The van der Waals surface area contributed by atoms with Crippen LogP contribution in [0.15, 0.2) is 72.8 Å². The molecule has 3 aromatic rings. The Balaban J connectivity index is 1.53. The Morgan fingerprint density at radius 2 is 1.59 bits per heavy atom. The van der Waals surface area contributed by atoms with Crippen LogP contribution in [0.3, 0.4) is 0 Å². The van der Waals surface area contributed by atoms with Gasteiger partial charge in [-0.05, 0) is 46.9 Å². The predicted octanol–water partition coefficient (Wildman–Crippen LogP) is 4.92. The molecule has 1 unspecified atom stereocenters. The van der Waals surface area contributed by atoms with Crippen molar-refractivity contribution in [2.24, 2.45) is 0 Å². The highest BCUT2D eigenvalue weighted by Crippen LogP contribution is 2.44. The molecule has 164 valence electrons. The van der Waals surface area contributed by atoms with E-state index in [-0.39, 0.29) is 18.9 Å². The van der Waals surface area contributed by atoms with E-state index in [0.29, 0.717) is 11.3 Å². The summed E-state index contributed by atoms with van der Waals surface area (Å²) in [7, 11) is 1.53. The monoisotopic (exact) mass is 431 g/mol. The first-order valence-electron chi connectivity index (χ1n) is 10.4. The van der Waals surface area contributed by atoms with Crippen molar-refractivity contribution in [3.05, 3.63) is 89.5 Å². The molecule has 1 amide bonds. The van der Waals surface area contributed by atoms with Crippen LogP contribution >= 0.6 is 0 Å². The highest BCUT2D eigenvalue weighted by molar-refractivity contribution is 5.79. The van der Waals surface area contributed by atoms with Crippen LogP contribution in [0.1, 0.15) is 36.0 Å². The van der Waals surface area contributed by atoms with Crippen LogP contribution in [-0.4, -0.2) is 30.9 Å². The number of alkyl carbamates (subject to hydrolysis) is 1. The molecule has 2 N–H and O–H groups in total. The van der Waals surface area contributed by atoms with Crippen molar-refractivity contribution in [1.82, 2.24) is 5.32 Å². The Kier molecular flexibility index (Phi) is 5.86. The van der Waals surface area contributed by atoms with Gasteiger partial charge in [0, 0.05) is 5.92 Å². The van der Waals surface area contributed by atoms with Gasteiger partial charge in [-0.2, -0.15) is 0 Å². The van der Waals surface area contributed by atoms with Crippen molar-refractivity contribution in [1.29, 1.82) is 0 Å². The fourth-order valence-corrected chi connectivity index (χ4v) is 4.35. The number of carbonyl (C=O) groups excluding carboxylic acids is 1. The lowest BCUT2D eigenvalue weighted by Crippen LogP contribution is -2.45.